The summed E-state index contributed by atoms with van der Waals surface area (Å²) in [6.45, 7) is 0.971. The molecule has 1 saturated carbocycles. The molecule has 0 aromatic carbocycles. The van der Waals surface area contributed by atoms with Gasteiger partial charge in [0.05, 0.1) is 5.02 Å². The van der Waals surface area contributed by atoms with Gasteiger partial charge in [-0.05, 0) is 25.2 Å². The molecule has 0 bridgehead atoms. The molecule has 1 heterocycles. The topological polar surface area (TPSA) is 12.0 Å². The van der Waals surface area contributed by atoms with Crippen molar-refractivity contribution in [1.29, 1.82) is 0 Å². The largest absolute Gasteiger partial charge is 0.308 e. The fraction of sp³-hybridized carbons (Fsp3) is 0.667. The van der Waals surface area contributed by atoms with Gasteiger partial charge in [-0.2, -0.15) is 11.8 Å². The van der Waals surface area contributed by atoms with Gasteiger partial charge in [-0.1, -0.05) is 24.4 Å². The van der Waals surface area contributed by atoms with Crippen LogP contribution in [0.15, 0.2) is 11.4 Å². The third-order valence-electron chi connectivity index (χ3n) is 3.17. The molecule has 0 radical (unpaired) electrons. The molecule has 1 fully saturated rings. The number of thioether (sulfide) groups is 1. The summed E-state index contributed by atoms with van der Waals surface area (Å²) >= 11 is 9.67. The van der Waals surface area contributed by atoms with Crippen molar-refractivity contribution in [2.24, 2.45) is 0 Å². The van der Waals surface area contributed by atoms with E-state index in [1.54, 1.807) is 11.3 Å². The minimum Gasteiger partial charge on any atom is -0.308 e. The van der Waals surface area contributed by atoms with Gasteiger partial charge in [0.25, 0.3) is 0 Å². The van der Waals surface area contributed by atoms with Crippen LogP contribution < -0.4 is 5.32 Å². The van der Waals surface area contributed by atoms with Crippen molar-refractivity contribution in [3.05, 3.63) is 21.3 Å². The van der Waals surface area contributed by atoms with Gasteiger partial charge < -0.3 is 5.32 Å². The summed E-state index contributed by atoms with van der Waals surface area (Å²) in [6.07, 6.45) is 7.69. The van der Waals surface area contributed by atoms with Crippen molar-refractivity contribution in [3.8, 4) is 0 Å². The van der Waals surface area contributed by atoms with Crippen LogP contribution in [0, 0.1) is 0 Å². The number of nitrogens with one attached hydrogen (secondary N) is 1. The Kier molecular flexibility index (Phi) is 5.01. The molecule has 1 aromatic heterocycles. The highest BCUT2D eigenvalue weighted by molar-refractivity contribution is 7.99. The molecule has 0 amide bonds. The molecule has 4 heteroatoms. The second kappa shape index (κ2) is 6.29. The highest BCUT2D eigenvalue weighted by atomic mass is 35.5. The molecular formula is C12H18ClNS2. The molecule has 0 saturated heterocycles. The van der Waals surface area contributed by atoms with Crippen LogP contribution in [0.4, 0.5) is 0 Å². The average molecular weight is 276 g/mol. The summed E-state index contributed by atoms with van der Waals surface area (Å²) in [6, 6.07) is 2.75. The van der Waals surface area contributed by atoms with E-state index in [2.05, 4.69) is 17.6 Å². The van der Waals surface area contributed by atoms with Crippen LogP contribution in [0.5, 0.6) is 0 Å². The SMILES string of the molecule is CSC1CCCCC1NCc1cc(Cl)cs1. The first-order chi connectivity index (χ1) is 7.79. The lowest BCUT2D eigenvalue weighted by Gasteiger charge is -2.31. The molecule has 2 atom stereocenters. The maximum absolute atomic E-state index is 5.92. The van der Waals surface area contributed by atoms with E-state index in [-0.39, 0.29) is 0 Å². The predicted molar refractivity (Wildman–Crippen MR) is 75.7 cm³/mol. The van der Waals surface area contributed by atoms with Gasteiger partial charge in [-0.15, -0.1) is 11.3 Å². The Hall–Kier alpha value is 0.300. The van der Waals surface area contributed by atoms with Crippen LogP contribution in [0.3, 0.4) is 0 Å². The monoisotopic (exact) mass is 275 g/mol. The third kappa shape index (κ3) is 3.39. The van der Waals surface area contributed by atoms with E-state index in [1.165, 1.54) is 30.6 Å². The first-order valence-electron chi connectivity index (χ1n) is 5.78. The van der Waals surface area contributed by atoms with Crippen LogP contribution in [-0.2, 0) is 6.54 Å². The lowest BCUT2D eigenvalue weighted by molar-refractivity contribution is 0.384. The van der Waals surface area contributed by atoms with Crippen LogP contribution in [0.2, 0.25) is 5.02 Å². The van der Waals surface area contributed by atoms with Crippen molar-refractivity contribution in [1.82, 2.24) is 5.32 Å². The molecular weight excluding hydrogens is 258 g/mol. The molecule has 1 aliphatic carbocycles. The summed E-state index contributed by atoms with van der Waals surface area (Å²) in [5.74, 6) is 0. The molecule has 0 aliphatic heterocycles. The molecule has 1 N–H and O–H groups in total. The smallest absolute Gasteiger partial charge is 0.0516 e. The number of rotatable bonds is 4. The third-order valence-corrected chi connectivity index (χ3v) is 5.62. The second-order valence-corrected chi connectivity index (χ2v) is 6.79. The average Bonchev–Trinajstić information content (AvgIpc) is 2.73. The van der Waals surface area contributed by atoms with Gasteiger partial charge in [0, 0.05) is 28.1 Å². The minimum absolute atomic E-state index is 0.685. The van der Waals surface area contributed by atoms with E-state index in [9.17, 15) is 0 Å². The van der Waals surface area contributed by atoms with E-state index in [0.717, 1.165) is 16.8 Å². The number of hydrogen-bond acceptors (Lipinski definition) is 3. The Balaban J connectivity index is 1.84. The number of halogens is 1. The zero-order valence-corrected chi connectivity index (χ0v) is 11.9. The van der Waals surface area contributed by atoms with Gasteiger partial charge in [0.2, 0.25) is 0 Å². The Morgan fingerprint density at radius 3 is 3.00 bits per heavy atom. The summed E-state index contributed by atoms with van der Waals surface area (Å²) in [5, 5.41) is 7.35. The van der Waals surface area contributed by atoms with E-state index in [1.807, 2.05) is 17.1 Å². The quantitative estimate of drug-likeness (QED) is 0.885. The predicted octanol–water partition coefficient (Wildman–Crippen LogP) is 4.17. The fourth-order valence-electron chi connectivity index (χ4n) is 2.29. The highest BCUT2D eigenvalue weighted by Crippen LogP contribution is 2.28. The van der Waals surface area contributed by atoms with Gasteiger partial charge in [-0.25, -0.2) is 0 Å². The van der Waals surface area contributed by atoms with E-state index < -0.39 is 0 Å². The lowest BCUT2D eigenvalue weighted by Crippen LogP contribution is -2.39. The minimum atomic E-state index is 0.685. The van der Waals surface area contributed by atoms with Crippen LogP contribution in [-0.4, -0.2) is 17.5 Å². The first kappa shape index (κ1) is 12.7. The molecule has 2 rings (SSSR count). The van der Waals surface area contributed by atoms with Crippen LogP contribution in [0.1, 0.15) is 30.6 Å². The van der Waals surface area contributed by atoms with E-state index in [0.29, 0.717) is 6.04 Å². The van der Waals surface area contributed by atoms with Crippen molar-refractivity contribution in [3.63, 3.8) is 0 Å². The van der Waals surface area contributed by atoms with Crippen LogP contribution in [0.25, 0.3) is 0 Å². The fourth-order valence-corrected chi connectivity index (χ4v) is 4.28. The van der Waals surface area contributed by atoms with E-state index in [4.69, 9.17) is 11.6 Å². The summed E-state index contributed by atoms with van der Waals surface area (Å²) < 4.78 is 0. The number of hydrogen-bond donors (Lipinski definition) is 1. The highest BCUT2D eigenvalue weighted by Gasteiger charge is 2.23. The molecule has 1 aromatic rings. The first-order valence-corrected chi connectivity index (χ1v) is 8.33. The summed E-state index contributed by atoms with van der Waals surface area (Å²) in [7, 11) is 0. The van der Waals surface area contributed by atoms with Gasteiger partial charge >= 0.3 is 0 Å². The molecule has 2 unspecified atom stereocenters. The molecule has 1 nitrogen and oxygen atoms in total. The molecule has 0 spiro atoms. The summed E-state index contributed by atoms with van der Waals surface area (Å²) in [5.41, 5.74) is 0. The zero-order chi connectivity index (χ0) is 11.4. The van der Waals surface area contributed by atoms with Crippen molar-refractivity contribution in [2.45, 2.75) is 43.5 Å². The maximum atomic E-state index is 5.92. The molecule has 1 aliphatic rings. The van der Waals surface area contributed by atoms with Crippen molar-refractivity contribution in [2.75, 3.05) is 6.26 Å². The number of thiophene rings is 1. The maximum Gasteiger partial charge on any atom is 0.0516 e. The van der Waals surface area contributed by atoms with Gasteiger partial charge in [0.15, 0.2) is 0 Å². The lowest BCUT2D eigenvalue weighted by atomic mass is 9.95. The Labute approximate surface area is 111 Å². The molecule has 16 heavy (non-hydrogen) atoms. The Bertz CT molecular complexity index is 327. The molecule has 90 valence electrons. The van der Waals surface area contributed by atoms with E-state index >= 15 is 0 Å². The van der Waals surface area contributed by atoms with Crippen molar-refractivity contribution >= 4 is 34.7 Å². The normalized spacial score (nSPS) is 25.9. The summed E-state index contributed by atoms with van der Waals surface area (Å²) in [4.78, 5) is 1.34. The van der Waals surface area contributed by atoms with Crippen molar-refractivity contribution < 1.29 is 0 Å². The Morgan fingerprint density at radius 2 is 2.31 bits per heavy atom. The van der Waals surface area contributed by atoms with Gasteiger partial charge in [0.1, 0.15) is 0 Å². The zero-order valence-electron chi connectivity index (χ0n) is 9.54. The van der Waals surface area contributed by atoms with Gasteiger partial charge in [-0.3, -0.25) is 0 Å². The second-order valence-electron chi connectivity index (χ2n) is 4.28. The van der Waals surface area contributed by atoms with Crippen LogP contribution >= 0.6 is 34.7 Å². The Morgan fingerprint density at radius 1 is 1.50 bits per heavy atom. The standard InChI is InChI=1S/C12H18ClNS2/c1-15-12-5-3-2-4-11(12)14-7-10-6-9(13)8-16-10/h6,8,11-12,14H,2-5,7H2,1H3.